The summed E-state index contributed by atoms with van der Waals surface area (Å²) in [7, 11) is 1.22. The monoisotopic (exact) mass is 264 g/mol. The van der Waals surface area contributed by atoms with E-state index >= 15 is 0 Å². The topological polar surface area (TPSA) is 64.4 Å². The molecule has 5 nitrogen and oxygen atoms in total. The van der Waals surface area contributed by atoms with E-state index in [1.165, 1.54) is 25.5 Å². The Morgan fingerprint density at radius 1 is 1.42 bits per heavy atom. The molecule has 0 bridgehead atoms. The standard InChI is InChI=1S/C13H13FN2O3/c1-18-13(17)11-3-2-9(6-12(11)14)7-15-8-10-4-5-19-16-10/h2-6,15H,7-8H2,1H3. The lowest BCUT2D eigenvalue weighted by Crippen LogP contribution is -2.13. The second kappa shape index (κ2) is 6.10. The molecule has 1 aromatic heterocycles. The minimum atomic E-state index is -0.681. The number of rotatable bonds is 5. The molecule has 0 fully saturated rings. The van der Waals surface area contributed by atoms with Crippen LogP contribution >= 0.6 is 0 Å². The Kier molecular flexibility index (Phi) is 4.25. The van der Waals surface area contributed by atoms with Gasteiger partial charge in [-0.25, -0.2) is 9.18 Å². The first-order valence-electron chi connectivity index (χ1n) is 5.67. The molecule has 0 unspecified atom stereocenters. The molecule has 0 aliphatic heterocycles. The first kappa shape index (κ1) is 13.2. The molecule has 100 valence electrons. The summed E-state index contributed by atoms with van der Waals surface area (Å²) < 4.78 is 22.8. The van der Waals surface area contributed by atoms with Crippen LogP contribution in [0.4, 0.5) is 4.39 Å². The number of esters is 1. The van der Waals surface area contributed by atoms with Crippen molar-refractivity contribution in [1.29, 1.82) is 0 Å². The van der Waals surface area contributed by atoms with Crippen LogP contribution in [0.15, 0.2) is 35.1 Å². The van der Waals surface area contributed by atoms with Gasteiger partial charge in [-0.1, -0.05) is 11.2 Å². The zero-order valence-corrected chi connectivity index (χ0v) is 10.4. The van der Waals surface area contributed by atoms with E-state index in [9.17, 15) is 9.18 Å². The van der Waals surface area contributed by atoms with Crippen molar-refractivity contribution in [3.63, 3.8) is 0 Å². The predicted octanol–water partition coefficient (Wildman–Crippen LogP) is 1.89. The molecule has 1 N–H and O–H groups in total. The highest BCUT2D eigenvalue weighted by Crippen LogP contribution is 2.11. The summed E-state index contributed by atoms with van der Waals surface area (Å²) in [4.78, 5) is 11.2. The molecule has 1 aromatic carbocycles. The number of ether oxygens (including phenoxy) is 1. The summed E-state index contributed by atoms with van der Waals surface area (Å²) in [6, 6.07) is 6.13. The van der Waals surface area contributed by atoms with E-state index in [-0.39, 0.29) is 5.56 Å². The van der Waals surface area contributed by atoms with E-state index in [2.05, 4.69) is 19.7 Å². The molecule has 19 heavy (non-hydrogen) atoms. The molecule has 0 atom stereocenters. The molecule has 0 amide bonds. The third-order valence-electron chi connectivity index (χ3n) is 2.57. The molecule has 0 saturated heterocycles. The van der Waals surface area contributed by atoms with Crippen LogP contribution in [0.1, 0.15) is 21.6 Å². The maximum atomic E-state index is 13.6. The van der Waals surface area contributed by atoms with Crippen LogP contribution in [-0.4, -0.2) is 18.2 Å². The van der Waals surface area contributed by atoms with Crippen molar-refractivity contribution >= 4 is 5.97 Å². The lowest BCUT2D eigenvalue weighted by atomic mass is 10.1. The highest BCUT2D eigenvalue weighted by Gasteiger charge is 2.12. The summed E-state index contributed by atoms with van der Waals surface area (Å²) in [5.41, 5.74) is 1.43. The Morgan fingerprint density at radius 3 is 2.89 bits per heavy atom. The van der Waals surface area contributed by atoms with Crippen molar-refractivity contribution in [3.05, 3.63) is 53.2 Å². The van der Waals surface area contributed by atoms with Gasteiger partial charge in [-0.2, -0.15) is 0 Å². The smallest absolute Gasteiger partial charge is 0.340 e. The lowest BCUT2D eigenvalue weighted by molar-refractivity contribution is 0.0595. The third-order valence-corrected chi connectivity index (χ3v) is 2.57. The maximum Gasteiger partial charge on any atom is 0.340 e. The van der Waals surface area contributed by atoms with Crippen molar-refractivity contribution in [2.75, 3.05) is 7.11 Å². The van der Waals surface area contributed by atoms with Crippen molar-refractivity contribution < 1.29 is 18.4 Å². The molecule has 0 spiro atoms. The van der Waals surface area contributed by atoms with Gasteiger partial charge in [-0.05, 0) is 17.7 Å². The number of hydrogen-bond donors (Lipinski definition) is 1. The minimum Gasteiger partial charge on any atom is -0.465 e. The van der Waals surface area contributed by atoms with Gasteiger partial charge in [0.1, 0.15) is 12.1 Å². The van der Waals surface area contributed by atoms with E-state index in [1.807, 2.05) is 0 Å². The first-order chi connectivity index (χ1) is 9.20. The molecule has 0 radical (unpaired) electrons. The van der Waals surface area contributed by atoms with Crippen LogP contribution in [-0.2, 0) is 17.8 Å². The molecule has 2 rings (SSSR count). The molecule has 1 heterocycles. The van der Waals surface area contributed by atoms with Crippen LogP contribution in [0.3, 0.4) is 0 Å². The number of nitrogens with zero attached hydrogens (tertiary/aromatic N) is 1. The third kappa shape index (κ3) is 3.38. The van der Waals surface area contributed by atoms with Gasteiger partial charge in [0.05, 0.1) is 18.4 Å². The Balaban J connectivity index is 1.94. The largest absolute Gasteiger partial charge is 0.465 e. The highest BCUT2D eigenvalue weighted by atomic mass is 19.1. The van der Waals surface area contributed by atoms with Gasteiger partial charge < -0.3 is 14.6 Å². The number of nitrogens with one attached hydrogen (secondary N) is 1. The lowest BCUT2D eigenvalue weighted by Gasteiger charge is -2.05. The zero-order chi connectivity index (χ0) is 13.7. The van der Waals surface area contributed by atoms with E-state index in [4.69, 9.17) is 0 Å². The number of carbonyl (C=O) groups is 1. The van der Waals surface area contributed by atoms with Gasteiger partial charge >= 0.3 is 5.97 Å². The molecule has 0 aliphatic carbocycles. The van der Waals surface area contributed by atoms with Gasteiger partial charge in [-0.3, -0.25) is 0 Å². The normalized spacial score (nSPS) is 10.4. The van der Waals surface area contributed by atoms with Gasteiger partial charge in [0.15, 0.2) is 0 Å². The van der Waals surface area contributed by atoms with Gasteiger partial charge in [0, 0.05) is 19.2 Å². The van der Waals surface area contributed by atoms with E-state index in [0.717, 1.165) is 11.3 Å². The molecule has 0 aliphatic rings. The fraction of sp³-hybridized carbons (Fsp3) is 0.231. The van der Waals surface area contributed by atoms with Crippen LogP contribution in [0.25, 0.3) is 0 Å². The summed E-state index contributed by atoms with van der Waals surface area (Å²) in [5.74, 6) is -1.27. The molecular weight excluding hydrogens is 251 g/mol. The fourth-order valence-electron chi connectivity index (χ4n) is 1.61. The van der Waals surface area contributed by atoms with Crippen molar-refractivity contribution in [3.8, 4) is 0 Å². The van der Waals surface area contributed by atoms with Gasteiger partial charge in [0.25, 0.3) is 0 Å². The second-order valence-electron chi connectivity index (χ2n) is 3.90. The Labute approximate surface area is 109 Å². The summed E-state index contributed by atoms with van der Waals surface area (Å²) in [5, 5.41) is 6.83. The molecule has 0 saturated carbocycles. The van der Waals surface area contributed by atoms with Crippen LogP contribution < -0.4 is 5.32 Å². The zero-order valence-electron chi connectivity index (χ0n) is 10.4. The average Bonchev–Trinajstić information content (AvgIpc) is 2.91. The van der Waals surface area contributed by atoms with Crippen LogP contribution in [0.2, 0.25) is 0 Å². The van der Waals surface area contributed by atoms with Crippen LogP contribution in [0.5, 0.6) is 0 Å². The Bertz CT molecular complexity index is 555. The van der Waals surface area contributed by atoms with Gasteiger partial charge in [0.2, 0.25) is 0 Å². The minimum absolute atomic E-state index is 0.0669. The SMILES string of the molecule is COC(=O)c1ccc(CNCc2ccon2)cc1F. The summed E-state index contributed by atoms with van der Waals surface area (Å²) in [6.07, 6.45) is 1.49. The van der Waals surface area contributed by atoms with Crippen molar-refractivity contribution in [2.24, 2.45) is 0 Å². The first-order valence-corrected chi connectivity index (χ1v) is 5.67. The maximum absolute atomic E-state index is 13.6. The number of hydrogen-bond acceptors (Lipinski definition) is 5. The van der Waals surface area contributed by atoms with E-state index < -0.39 is 11.8 Å². The van der Waals surface area contributed by atoms with Gasteiger partial charge in [-0.15, -0.1) is 0 Å². The number of methoxy groups -OCH3 is 1. The fourth-order valence-corrected chi connectivity index (χ4v) is 1.61. The predicted molar refractivity (Wildman–Crippen MR) is 64.8 cm³/mol. The van der Waals surface area contributed by atoms with E-state index in [0.29, 0.717) is 13.1 Å². The molecular formula is C13H13FN2O3. The molecule has 6 heteroatoms. The number of halogens is 1. The molecule has 2 aromatic rings. The number of carbonyl (C=O) groups excluding carboxylic acids is 1. The second-order valence-corrected chi connectivity index (χ2v) is 3.90. The van der Waals surface area contributed by atoms with Crippen molar-refractivity contribution in [1.82, 2.24) is 10.5 Å². The number of aromatic nitrogens is 1. The summed E-state index contributed by atoms with van der Waals surface area (Å²) in [6.45, 7) is 0.988. The summed E-state index contributed by atoms with van der Waals surface area (Å²) >= 11 is 0. The van der Waals surface area contributed by atoms with Crippen molar-refractivity contribution in [2.45, 2.75) is 13.1 Å². The van der Waals surface area contributed by atoms with Crippen LogP contribution in [0, 0.1) is 5.82 Å². The van der Waals surface area contributed by atoms with E-state index in [1.54, 1.807) is 12.1 Å². The Hall–Kier alpha value is -2.21. The quantitative estimate of drug-likeness (QED) is 0.835. The Morgan fingerprint density at radius 2 is 2.26 bits per heavy atom. The number of benzene rings is 1. The average molecular weight is 264 g/mol. The highest BCUT2D eigenvalue weighted by molar-refractivity contribution is 5.89.